The van der Waals surface area contributed by atoms with Gasteiger partial charge in [0.2, 0.25) is 0 Å². The first-order chi connectivity index (χ1) is 24.8. The van der Waals surface area contributed by atoms with E-state index in [1.165, 1.54) is 91.3 Å². The monoisotopic (exact) mass is 652 g/mol. The summed E-state index contributed by atoms with van der Waals surface area (Å²) in [5.74, 6) is 0. The molecule has 232 valence electrons. The van der Waals surface area contributed by atoms with E-state index in [1.54, 1.807) is 0 Å². The Morgan fingerprint density at radius 3 is 1.60 bits per heavy atom. The molecule has 0 atom stereocenters. The molecule has 2 aromatic heterocycles. The highest BCUT2D eigenvalue weighted by atomic mass is 32.1. The summed E-state index contributed by atoms with van der Waals surface area (Å²) in [5.41, 5.74) is 9.29. The van der Waals surface area contributed by atoms with E-state index in [0.29, 0.717) is 0 Å². The zero-order chi connectivity index (χ0) is 32.8. The SMILES string of the molecule is c1ccc(-c2c3ccccc3c(-c3ccc(-c4cc5oc6c7ccccc7ccc6c5c5sc6ccccc6c45)cc3)c3ccccc23)cc1. The van der Waals surface area contributed by atoms with E-state index in [-0.39, 0.29) is 0 Å². The summed E-state index contributed by atoms with van der Waals surface area (Å²) in [6, 6.07) is 61.8. The molecule has 0 N–H and O–H groups in total. The molecule has 0 aliphatic heterocycles. The Bertz CT molecular complexity index is 3070. The Morgan fingerprint density at radius 2 is 0.920 bits per heavy atom. The van der Waals surface area contributed by atoms with Crippen molar-refractivity contribution in [3.63, 3.8) is 0 Å². The van der Waals surface area contributed by atoms with Crippen LogP contribution < -0.4 is 0 Å². The molecule has 0 unspecified atom stereocenters. The fourth-order valence-corrected chi connectivity index (χ4v) is 9.55. The summed E-state index contributed by atoms with van der Waals surface area (Å²) in [5, 5.41) is 12.4. The van der Waals surface area contributed by atoms with Crippen molar-refractivity contribution >= 4 is 85.8 Å². The van der Waals surface area contributed by atoms with Crippen LogP contribution in [0.2, 0.25) is 0 Å². The maximum absolute atomic E-state index is 6.78. The summed E-state index contributed by atoms with van der Waals surface area (Å²) in [4.78, 5) is 0. The number of rotatable bonds is 3. The van der Waals surface area contributed by atoms with Crippen LogP contribution in [0, 0.1) is 0 Å². The average Bonchev–Trinajstić information content (AvgIpc) is 3.76. The lowest BCUT2D eigenvalue weighted by molar-refractivity contribution is 0.673. The molecule has 11 rings (SSSR count). The lowest BCUT2D eigenvalue weighted by Crippen LogP contribution is -1.90. The predicted octanol–water partition coefficient (Wildman–Crippen LogP) is 14.4. The molecule has 0 saturated carbocycles. The normalized spacial score (nSPS) is 12.0. The zero-order valence-corrected chi connectivity index (χ0v) is 27.8. The Labute approximate surface area is 292 Å². The van der Waals surface area contributed by atoms with E-state index in [0.717, 1.165) is 16.6 Å². The third-order valence-electron chi connectivity index (χ3n) is 10.5. The summed E-state index contributed by atoms with van der Waals surface area (Å²) in [6.07, 6.45) is 0. The highest BCUT2D eigenvalue weighted by molar-refractivity contribution is 7.27. The lowest BCUT2D eigenvalue weighted by atomic mass is 9.85. The summed E-state index contributed by atoms with van der Waals surface area (Å²) >= 11 is 1.87. The molecular formula is C48H28OS. The van der Waals surface area contributed by atoms with Crippen LogP contribution in [-0.4, -0.2) is 0 Å². The Morgan fingerprint density at radius 1 is 0.380 bits per heavy atom. The fraction of sp³-hybridized carbons (Fsp3) is 0. The predicted molar refractivity (Wildman–Crippen MR) is 215 cm³/mol. The van der Waals surface area contributed by atoms with E-state index >= 15 is 0 Å². The second-order valence-corrected chi connectivity index (χ2v) is 14.2. The van der Waals surface area contributed by atoms with Gasteiger partial charge in [-0.3, -0.25) is 0 Å². The Hall–Kier alpha value is -6.22. The fourth-order valence-electron chi connectivity index (χ4n) is 8.27. The minimum atomic E-state index is 0.933. The van der Waals surface area contributed by atoms with E-state index < -0.39 is 0 Å². The van der Waals surface area contributed by atoms with Gasteiger partial charge in [0.25, 0.3) is 0 Å². The highest BCUT2D eigenvalue weighted by Gasteiger charge is 2.21. The molecule has 0 amide bonds. The number of hydrogen-bond acceptors (Lipinski definition) is 2. The first-order valence-corrected chi connectivity index (χ1v) is 17.9. The van der Waals surface area contributed by atoms with E-state index in [4.69, 9.17) is 4.42 Å². The van der Waals surface area contributed by atoms with Crippen LogP contribution in [0.4, 0.5) is 0 Å². The van der Waals surface area contributed by atoms with Crippen LogP contribution >= 0.6 is 11.3 Å². The van der Waals surface area contributed by atoms with Crippen molar-refractivity contribution < 1.29 is 4.42 Å². The molecule has 0 saturated heterocycles. The van der Waals surface area contributed by atoms with Crippen molar-refractivity contribution in [3.05, 3.63) is 170 Å². The van der Waals surface area contributed by atoms with Gasteiger partial charge in [-0.05, 0) is 78.5 Å². The van der Waals surface area contributed by atoms with Gasteiger partial charge < -0.3 is 4.42 Å². The van der Waals surface area contributed by atoms with Gasteiger partial charge in [0.05, 0.1) is 0 Å². The molecule has 2 heterocycles. The first kappa shape index (κ1) is 27.7. The van der Waals surface area contributed by atoms with E-state index in [9.17, 15) is 0 Å². The standard InChI is InChI=1S/C48H28OS/c1-2-13-31(14-3-1)43-34-16-6-8-18-36(34)44(37-19-9-7-17-35(37)43)32-24-22-30(23-25-32)40-28-41-46(48-45(40)38-20-10-11-21-42(38)50-48)39-27-26-29-12-4-5-15-33(29)47(39)49-41/h1-28H. The minimum Gasteiger partial charge on any atom is -0.455 e. The molecule has 1 nitrogen and oxygen atoms in total. The van der Waals surface area contributed by atoms with Crippen LogP contribution in [0.1, 0.15) is 0 Å². The molecule has 2 heteroatoms. The third-order valence-corrected chi connectivity index (χ3v) is 11.6. The summed E-state index contributed by atoms with van der Waals surface area (Å²) in [7, 11) is 0. The molecule has 0 fully saturated rings. The number of benzene rings is 9. The maximum Gasteiger partial charge on any atom is 0.143 e. The zero-order valence-electron chi connectivity index (χ0n) is 27.0. The van der Waals surface area contributed by atoms with Gasteiger partial charge >= 0.3 is 0 Å². The topological polar surface area (TPSA) is 13.1 Å². The van der Waals surface area contributed by atoms with Crippen molar-refractivity contribution in [2.24, 2.45) is 0 Å². The van der Waals surface area contributed by atoms with Crippen LogP contribution in [0.15, 0.2) is 174 Å². The quantitative estimate of drug-likeness (QED) is 0.173. The van der Waals surface area contributed by atoms with Gasteiger partial charge in [0.1, 0.15) is 11.2 Å². The summed E-state index contributed by atoms with van der Waals surface area (Å²) < 4.78 is 9.35. The van der Waals surface area contributed by atoms with Gasteiger partial charge in [-0.2, -0.15) is 0 Å². The van der Waals surface area contributed by atoms with Crippen molar-refractivity contribution in [1.29, 1.82) is 0 Å². The number of thiophene rings is 1. The number of furan rings is 1. The average molecular weight is 653 g/mol. The molecule has 0 aliphatic carbocycles. The lowest BCUT2D eigenvalue weighted by Gasteiger charge is -2.18. The van der Waals surface area contributed by atoms with Gasteiger partial charge in [-0.1, -0.05) is 152 Å². The highest BCUT2D eigenvalue weighted by Crippen LogP contribution is 2.49. The van der Waals surface area contributed by atoms with Gasteiger partial charge in [-0.15, -0.1) is 11.3 Å². The Kier molecular flexibility index (Phi) is 5.89. The summed E-state index contributed by atoms with van der Waals surface area (Å²) in [6.45, 7) is 0. The maximum atomic E-state index is 6.78. The molecule has 0 spiro atoms. The van der Waals surface area contributed by atoms with Crippen LogP contribution in [0.5, 0.6) is 0 Å². The minimum absolute atomic E-state index is 0.933. The van der Waals surface area contributed by atoms with Crippen LogP contribution in [0.25, 0.3) is 108 Å². The first-order valence-electron chi connectivity index (χ1n) is 17.1. The van der Waals surface area contributed by atoms with E-state index in [2.05, 4.69) is 170 Å². The van der Waals surface area contributed by atoms with Gasteiger partial charge in [0, 0.05) is 36.3 Å². The third kappa shape index (κ3) is 3.94. The van der Waals surface area contributed by atoms with Crippen LogP contribution in [0.3, 0.4) is 0 Å². The molecule has 0 aliphatic rings. The molecular weight excluding hydrogens is 625 g/mol. The number of hydrogen-bond donors (Lipinski definition) is 0. The van der Waals surface area contributed by atoms with Crippen molar-refractivity contribution in [1.82, 2.24) is 0 Å². The second-order valence-electron chi connectivity index (χ2n) is 13.1. The van der Waals surface area contributed by atoms with E-state index in [1.807, 2.05) is 11.3 Å². The van der Waals surface area contributed by atoms with Crippen LogP contribution in [-0.2, 0) is 0 Å². The molecule has 0 bridgehead atoms. The van der Waals surface area contributed by atoms with Gasteiger partial charge in [0.15, 0.2) is 0 Å². The van der Waals surface area contributed by atoms with Crippen molar-refractivity contribution in [2.75, 3.05) is 0 Å². The largest absolute Gasteiger partial charge is 0.455 e. The molecule has 9 aromatic carbocycles. The van der Waals surface area contributed by atoms with Crippen molar-refractivity contribution in [3.8, 4) is 33.4 Å². The molecule has 11 aromatic rings. The smallest absolute Gasteiger partial charge is 0.143 e. The molecule has 50 heavy (non-hydrogen) atoms. The molecule has 0 radical (unpaired) electrons. The Balaban J connectivity index is 1.16. The number of fused-ring (bicyclic) bond motifs is 11. The van der Waals surface area contributed by atoms with Crippen molar-refractivity contribution in [2.45, 2.75) is 0 Å². The second kappa shape index (κ2) is 10.6. The van der Waals surface area contributed by atoms with Gasteiger partial charge in [-0.25, -0.2) is 0 Å².